The molecule has 0 atom stereocenters. The molecule has 0 saturated heterocycles. The van der Waals surface area contributed by atoms with E-state index in [9.17, 15) is 0 Å². The fourth-order valence-electron chi connectivity index (χ4n) is 0. The Kier molecular flexibility index (Phi) is 143. The molecule has 0 aliphatic rings. The maximum Gasteiger partial charge on any atom is 0 e. The Morgan fingerprint density at radius 2 is 1.00 bits per heavy atom. The Morgan fingerprint density at radius 1 is 1.00 bits per heavy atom. The molecule has 0 aromatic heterocycles. The quantitative estimate of drug-likeness (QED) is 0.537. The van der Waals surface area contributed by atoms with Crippen molar-refractivity contribution in [1.29, 1.82) is 0 Å². The SMILES string of the molecule is [Cr].[Cu].[Mo].[Ti]. The van der Waals surface area contributed by atoms with E-state index in [-0.39, 0.29) is 77.2 Å². The van der Waals surface area contributed by atoms with E-state index in [1.54, 1.807) is 0 Å². The van der Waals surface area contributed by atoms with Gasteiger partial charge in [0.05, 0.1) is 0 Å². The van der Waals surface area contributed by atoms with Gasteiger partial charge >= 0.3 is 0 Å². The zero-order valence-electron chi connectivity index (χ0n) is 1.62. The first-order chi connectivity index (χ1) is 0. The second kappa shape index (κ2) is 18.0. The summed E-state index contributed by atoms with van der Waals surface area (Å²) >= 11 is 0. The normalized spacial score (nSPS) is 0. The van der Waals surface area contributed by atoms with Gasteiger partial charge in [-0.15, -0.1) is 0 Å². The van der Waals surface area contributed by atoms with Gasteiger partial charge in [0.1, 0.15) is 0 Å². The van der Waals surface area contributed by atoms with Gasteiger partial charge in [-0.25, -0.2) is 0 Å². The monoisotopic (exact) mass is 261 g/mol. The van der Waals surface area contributed by atoms with E-state index >= 15 is 0 Å². The molecule has 0 heterocycles. The van der Waals surface area contributed by atoms with Crippen LogP contribution in [0.2, 0.25) is 0 Å². The van der Waals surface area contributed by atoms with E-state index in [0.717, 1.165) is 0 Å². The third-order valence-electron chi connectivity index (χ3n) is 0. The minimum atomic E-state index is 0. The van der Waals surface area contributed by atoms with Crippen LogP contribution in [0.1, 0.15) is 0 Å². The molecule has 0 fully saturated rings. The summed E-state index contributed by atoms with van der Waals surface area (Å²) < 4.78 is 0. The Bertz CT molecular complexity index is 8.00. The minimum Gasteiger partial charge on any atom is 0 e. The van der Waals surface area contributed by atoms with E-state index in [1.807, 2.05) is 0 Å². The van der Waals surface area contributed by atoms with Crippen LogP contribution in [0.5, 0.6) is 0 Å². The van der Waals surface area contributed by atoms with Crippen LogP contribution in [-0.4, -0.2) is 0 Å². The van der Waals surface area contributed by atoms with Gasteiger partial charge in [0.2, 0.25) is 0 Å². The summed E-state index contributed by atoms with van der Waals surface area (Å²) in [6.07, 6.45) is 0. The molecule has 4 heteroatoms. The fraction of sp³-hybridized carbons (Fsp3) is 0. The third-order valence-corrected chi connectivity index (χ3v) is 0. The Hall–Kier alpha value is 2.45. The number of hydrogen-bond acceptors (Lipinski definition) is 0. The van der Waals surface area contributed by atoms with Gasteiger partial charge in [-0.2, -0.15) is 0 Å². The molecule has 0 amide bonds. The Morgan fingerprint density at radius 3 is 1.00 bits per heavy atom. The van der Waals surface area contributed by atoms with Crippen molar-refractivity contribution in [2.45, 2.75) is 0 Å². The van der Waals surface area contributed by atoms with Gasteiger partial charge < -0.3 is 0 Å². The van der Waals surface area contributed by atoms with Gasteiger partial charge in [0.15, 0.2) is 0 Å². The molecule has 0 aliphatic carbocycles. The molecule has 0 aromatic carbocycles. The summed E-state index contributed by atoms with van der Waals surface area (Å²) in [5.41, 5.74) is 0. The van der Waals surface area contributed by atoms with Crippen LogP contribution in [0.15, 0.2) is 0 Å². The summed E-state index contributed by atoms with van der Waals surface area (Å²) in [6, 6.07) is 0. The van der Waals surface area contributed by atoms with E-state index in [0.29, 0.717) is 0 Å². The van der Waals surface area contributed by atoms with Crippen molar-refractivity contribution in [2.24, 2.45) is 0 Å². The minimum absolute atomic E-state index is 0. The third kappa shape index (κ3) is 8.82. The van der Waals surface area contributed by atoms with Crippen molar-refractivity contribution in [1.82, 2.24) is 0 Å². The van der Waals surface area contributed by atoms with Crippen LogP contribution in [0.3, 0.4) is 0 Å². The first kappa shape index (κ1) is 31.9. The van der Waals surface area contributed by atoms with E-state index < -0.39 is 0 Å². The van der Waals surface area contributed by atoms with Gasteiger partial charge in [0, 0.05) is 77.2 Å². The Labute approximate surface area is 76.2 Å². The molecule has 0 aliphatic heterocycles. The van der Waals surface area contributed by atoms with Crippen LogP contribution < -0.4 is 0 Å². The number of hydrogen-bond donors (Lipinski definition) is 0. The van der Waals surface area contributed by atoms with Crippen molar-refractivity contribution in [3.8, 4) is 0 Å². The second-order valence-electron chi connectivity index (χ2n) is 0. The van der Waals surface area contributed by atoms with E-state index in [1.165, 1.54) is 0 Å². The summed E-state index contributed by atoms with van der Waals surface area (Å²) in [5, 5.41) is 0. The van der Waals surface area contributed by atoms with Crippen LogP contribution in [0, 0.1) is 0 Å². The predicted molar refractivity (Wildman–Crippen MR) is 0 cm³/mol. The maximum atomic E-state index is 0. The molecule has 4 heavy (non-hydrogen) atoms. The second-order valence-corrected chi connectivity index (χ2v) is 0. The maximum absolute atomic E-state index is 0. The van der Waals surface area contributed by atoms with Gasteiger partial charge in [-0.3, -0.25) is 0 Å². The molecule has 0 spiro atoms. The van der Waals surface area contributed by atoms with Crippen molar-refractivity contribution < 1.29 is 77.2 Å². The average molecular weight is 259 g/mol. The van der Waals surface area contributed by atoms with Crippen LogP contribution in [0.4, 0.5) is 0 Å². The number of rotatable bonds is 0. The van der Waals surface area contributed by atoms with Crippen molar-refractivity contribution in [3.05, 3.63) is 0 Å². The van der Waals surface area contributed by atoms with Crippen LogP contribution in [0.25, 0.3) is 0 Å². The van der Waals surface area contributed by atoms with Crippen molar-refractivity contribution in [3.63, 3.8) is 0 Å². The van der Waals surface area contributed by atoms with Crippen molar-refractivity contribution in [2.75, 3.05) is 0 Å². The first-order valence-electron chi connectivity index (χ1n) is 0. The van der Waals surface area contributed by atoms with E-state index in [4.69, 9.17) is 0 Å². The largest absolute Gasteiger partial charge is 0 e. The summed E-state index contributed by atoms with van der Waals surface area (Å²) in [6.45, 7) is 0. The van der Waals surface area contributed by atoms with Crippen LogP contribution >= 0.6 is 0 Å². The molecule has 0 nitrogen and oxygen atoms in total. The molecule has 0 aromatic rings. The fourth-order valence-corrected chi connectivity index (χ4v) is 0. The van der Waals surface area contributed by atoms with Gasteiger partial charge in [-0.1, -0.05) is 0 Å². The zero-order chi connectivity index (χ0) is 0. The molecular formula is CrCuMoTi. The van der Waals surface area contributed by atoms with Crippen LogP contribution in [-0.2, 0) is 77.2 Å². The van der Waals surface area contributed by atoms with Gasteiger partial charge in [0.25, 0.3) is 0 Å². The topological polar surface area (TPSA) is 0 Å². The molecule has 0 rings (SSSR count). The molecule has 0 unspecified atom stereocenters. The Balaban J connectivity index is 0. The molecule has 1 radical (unpaired) electrons. The average Bonchev–Trinajstić information content (AvgIpc) is 0. The predicted octanol–water partition coefficient (Wildman–Crippen LogP) is -0.0100. The van der Waals surface area contributed by atoms with E-state index in [2.05, 4.69) is 0 Å². The molecule has 0 saturated carbocycles. The standard InChI is InChI=1S/Cr.Cu.Mo.Ti. The molecule has 0 bridgehead atoms. The zero-order valence-corrected chi connectivity index (χ0v) is 7.40. The smallest absolute Gasteiger partial charge is 0 e. The molecular weight excluding hydrogens is 259 g/mol. The molecule has 0 N–H and O–H groups in total. The van der Waals surface area contributed by atoms with Crippen molar-refractivity contribution >= 4 is 0 Å². The van der Waals surface area contributed by atoms with Gasteiger partial charge in [-0.05, 0) is 0 Å². The summed E-state index contributed by atoms with van der Waals surface area (Å²) in [4.78, 5) is 0. The molecule has 27 valence electrons. The first-order valence-corrected chi connectivity index (χ1v) is 0. The summed E-state index contributed by atoms with van der Waals surface area (Å²) in [7, 11) is 0. The summed E-state index contributed by atoms with van der Waals surface area (Å²) in [5.74, 6) is 0.